The van der Waals surface area contributed by atoms with Crippen LogP contribution < -0.4 is 5.56 Å². The Labute approximate surface area is 182 Å². The van der Waals surface area contributed by atoms with Crippen LogP contribution in [0, 0.1) is 19.7 Å². The van der Waals surface area contributed by atoms with Crippen molar-refractivity contribution in [3.8, 4) is 5.69 Å². The first-order valence-corrected chi connectivity index (χ1v) is 9.94. The fraction of sp³-hybridized carbons (Fsp3) is 0.167. The maximum atomic E-state index is 14.2. The summed E-state index contributed by atoms with van der Waals surface area (Å²) in [6.07, 6.45) is 1.14. The molecule has 0 saturated carbocycles. The predicted molar refractivity (Wildman–Crippen MR) is 116 cm³/mol. The zero-order chi connectivity index (χ0) is 22.8. The van der Waals surface area contributed by atoms with Gasteiger partial charge in [0.05, 0.1) is 22.9 Å². The van der Waals surface area contributed by atoms with Crippen molar-refractivity contribution in [2.24, 2.45) is 0 Å². The number of esters is 1. The van der Waals surface area contributed by atoms with E-state index in [0.717, 1.165) is 6.20 Å². The summed E-state index contributed by atoms with van der Waals surface area (Å²) in [5.74, 6) is -1.55. The molecular formula is C24H20FN3O4. The van der Waals surface area contributed by atoms with Gasteiger partial charge in [-0.3, -0.25) is 19.0 Å². The van der Waals surface area contributed by atoms with Crippen LogP contribution in [0.25, 0.3) is 16.7 Å². The molecule has 0 aliphatic carbocycles. The summed E-state index contributed by atoms with van der Waals surface area (Å²) < 4.78 is 22.3. The first-order chi connectivity index (χ1) is 15.4. The quantitative estimate of drug-likeness (QED) is 0.344. The number of aryl methyl sites for hydroxylation is 1. The van der Waals surface area contributed by atoms with Crippen molar-refractivity contribution in [2.75, 3.05) is 6.61 Å². The van der Waals surface area contributed by atoms with E-state index in [4.69, 9.17) is 4.74 Å². The van der Waals surface area contributed by atoms with Gasteiger partial charge in [0.1, 0.15) is 12.4 Å². The van der Waals surface area contributed by atoms with E-state index < -0.39 is 29.7 Å². The predicted octanol–water partition coefficient (Wildman–Crippen LogP) is 3.37. The minimum Gasteiger partial charge on any atom is -0.456 e. The molecule has 4 aromatic rings. The lowest BCUT2D eigenvalue weighted by Gasteiger charge is -2.11. The molecule has 2 aromatic heterocycles. The van der Waals surface area contributed by atoms with Gasteiger partial charge in [-0.1, -0.05) is 24.3 Å². The molecule has 7 nitrogen and oxygen atoms in total. The number of halogens is 1. The van der Waals surface area contributed by atoms with Crippen molar-refractivity contribution in [1.29, 1.82) is 0 Å². The molecular weight excluding hydrogens is 413 g/mol. The largest absolute Gasteiger partial charge is 0.456 e. The van der Waals surface area contributed by atoms with Crippen LogP contribution >= 0.6 is 0 Å². The number of ketones is 1. The molecule has 8 heteroatoms. The molecule has 162 valence electrons. The standard InChI is InChI=1S/C24H20FN3O4/c1-15-11-17(16(2)28(15)20-9-5-3-7-18(20)25)22(29)14-32-24(31)13-27-21-10-6-4-8-19(21)26-12-23(27)30/h3-12H,13-14H2,1-2H3. The lowest BCUT2D eigenvalue weighted by Crippen LogP contribution is -2.27. The topological polar surface area (TPSA) is 83.2 Å². The van der Waals surface area contributed by atoms with Crippen molar-refractivity contribution in [1.82, 2.24) is 14.1 Å². The highest BCUT2D eigenvalue weighted by molar-refractivity contribution is 5.99. The Morgan fingerprint density at radius 2 is 1.78 bits per heavy atom. The number of para-hydroxylation sites is 3. The molecule has 0 amide bonds. The van der Waals surface area contributed by atoms with Crippen molar-refractivity contribution >= 4 is 22.8 Å². The third kappa shape index (κ3) is 3.94. The molecule has 0 spiro atoms. The van der Waals surface area contributed by atoms with E-state index in [1.54, 1.807) is 66.9 Å². The van der Waals surface area contributed by atoms with E-state index in [2.05, 4.69) is 4.98 Å². The van der Waals surface area contributed by atoms with Crippen molar-refractivity contribution in [3.05, 3.63) is 93.9 Å². The van der Waals surface area contributed by atoms with Gasteiger partial charge in [-0.2, -0.15) is 0 Å². The Balaban J connectivity index is 1.50. The highest BCUT2D eigenvalue weighted by atomic mass is 19.1. The Morgan fingerprint density at radius 3 is 2.56 bits per heavy atom. The summed E-state index contributed by atoms with van der Waals surface area (Å²) in [6, 6.07) is 14.8. The first kappa shape index (κ1) is 21.2. The molecule has 2 aromatic carbocycles. The van der Waals surface area contributed by atoms with Crippen LogP contribution in [-0.4, -0.2) is 32.5 Å². The van der Waals surface area contributed by atoms with Gasteiger partial charge in [0.2, 0.25) is 5.78 Å². The van der Waals surface area contributed by atoms with Gasteiger partial charge in [-0.25, -0.2) is 9.37 Å². The van der Waals surface area contributed by atoms with E-state index >= 15 is 0 Å². The van der Waals surface area contributed by atoms with Gasteiger partial charge < -0.3 is 9.30 Å². The fourth-order valence-electron chi connectivity index (χ4n) is 3.73. The lowest BCUT2D eigenvalue weighted by atomic mass is 10.1. The first-order valence-electron chi connectivity index (χ1n) is 9.94. The minimum absolute atomic E-state index is 0.336. The summed E-state index contributed by atoms with van der Waals surface area (Å²) in [6.45, 7) is 2.64. The second-order valence-electron chi connectivity index (χ2n) is 7.33. The second-order valence-corrected chi connectivity index (χ2v) is 7.33. The monoisotopic (exact) mass is 433 g/mol. The number of ether oxygens (including phenoxy) is 1. The van der Waals surface area contributed by atoms with Crippen LogP contribution in [0.5, 0.6) is 0 Å². The number of carbonyl (C=O) groups excluding carboxylic acids is 2. The molecule has 0 fully saturated rings. The molecule has 0 bridgehead atoms. The van der Waals surface area contributed by atoms with Gasteiger partial charge in [0.25, 0.3) is 5.56 Å². The van der Waals surface area contributed by atoms with E-state index in [9.17, 15) is 18.8 Å². The number of Topliss-reactive ketones (excluding diaryl/α,β-unsaturated/α-hetero) is 1. The van der Waals surface area contributed by atoms with E-state index in [1.807, 2.05) is 0 Å². The highest BCUT2D eigenvalue weighted by Crippen LogP contribution is 2.23. The molecule has 0 radical (unpaired) electrons. The van der Waals surface area contributed by atoms with E-state index in [0.29, 0.717) is 33.7 Å². The number of nitrogens with zero attached hydrogens (tertiary/aromatic N) is 3. The summed E-state index contributed by atoms with van der Waals surface area (Å²) in [4.78, 5) is 41.3. The lowest BCUT2D eigenvalue weighted by molar-refractivity contribution is -0.143. The summed E-state index contributed by atoms with van der Waals surface area (Å²) in [5, 5.41) is 0. The van der Waals surface area contributed by atoms with Crippen LogP contribution in [0.4, 0.5) is 4.39 Å². The third-order valence-electron chi connectivity index (χ3n) is 5.23. The summed E-state index contributed by atoms with van der Waals surface area (Å²) in [7, 11) is 0. The van der Waals surface area contributed by atoms with E-state index in [-0.39, 0.29) is 6.54 Å². The van der Waals surface area contributed by atoms with Crippen LogP contribution in [-0.2, 0) is 16.1 Å². The van der Waals surface area contributed by atoms with Gasteiger partial charge >= 0.3 is 5.97 Å². The number of aromatic nitrogens is 3. The Hall–Kier alpha value is -4.07. The average molecular weight is 433 g/mol. The normalized spacial score (nSPS) is 11.0. The summed E-state index contributed by atoms with van der Waals surface area (Å²) >= 11 is 0. The maximum Gasteiger partial charge on any atom is 0.326 e. The molecule has 0 aliphatic heterocycles. The molecule has 2 heterocycles. The number of carbonyl (C=O) groups is 2. The SMILES string of the molecule is Cc1cc(C(=O)COC(=O)Cn2c(=O)cnc3ccccc32)c(C)n1-c1ccccc1F. The molecule has 0 saturated heterocycles. The van der Waals surface area contributed by atoms with Crippen LogP contribution in [0.3, 0.4) is 0 Å². The van der Waals surface area contributed by atoms with Crippen LogP contribution in [0.2, 0.25) is 0 Å². The van der Waals surface area contributed by atoms with Crippen LogP contribution in [0.1, 0.15) is 21.7 Å². The fourth-order valence-corrected chi connectivity index (χ4v) is 3.73. The molecule has 0 aliphatic rings. The zero-order valence-corrected chi connectivity index (χ0v) is 17.5. The molecule has 0 atom stereocenters. The maximum absolute atomic E-state index is 14.2. The number of rotatable bonds is 6. The number of fused-ring (bicyclic) bond motifs is 1. The van der Waals surface area contributed by atoms with Gasteiger partial charge in [-0.15, -0.1) is 0 Å². The van der Waals surface area contributed by atoms with Crippen molar-refractivity contribution in [3.63, 3.8) is 0 Å². The molecule has 4 rings (SSSR count). The zero-order valence-electron chi connectivity index (χ0n) is 17.5. The highest BCUT2D eigenvalue weighted by Gasteiger charge is 2.20. The van der Waals surface area contributed by atoms with Crippen molar-refractivity contribution < 1.29 is 18.7 Å². The summed E-state index contributed by atoms with van der Waals surface area (Å²) in [5.41, 5.74) is 2.52. The third-order valence-corrected chi connectivity index (χ3v) is 5.23. The number of hydrogen-bond acceptors (Lipinski definition) is 5. The smallest absolute Gasteiger partial charge is 0.326 e. The minimum atomic E-state index is -0.722. The Bertz CT molecular complexity index is 1400. The van der Waals surface area contributed by atoms with Gasteiger partial charge in [0, 0.05) is 17.0 Å². The van der Waals surface area contributed by atoms with Crippen LogP contribution in [0.15, 0.2) is 65.6 Å². The molecule has 0 unspecified atom stereocenters. The molecule has 32 heavy (non-hydrogen) atoms. The average Bonchev–Trinajstić information content (AvgIpc) is 3.08. The van der Waals surface area contributed by atoms with Gasteiger partial charge in [0.15, 0.2) is 6.61 Å². The number of benzene rings is 2. The van der Waals surface area contributed by atoms with E-state index in [1.165, 1.54) is 10.6 Å². The number of hydrogen-bond donors (Lipinski definition) is 0. The Kier molecular flexibility index (Phi) is 5.68. The van der Waals surface area contributed by atoms with Crippen molar-refractivity contribution in [2.45, 2.75) is 20.4 Å². The molecule has 0 N–H and O–H groups in total. The van der Waals surface area contributed by atoms with Gasteiger partial charge in [-0.05, 0) is 44.2 Å². The Morgan fingerprint density at radius 1 is 1.06 bits per heavy atom. The second kappa shape index (κ2) is 8.58.